The molecule has 0 atom stereocenters. The van der Waals surface area contributed by atoms with Crippen LogP contribution >= 0.6 is 0 Å². The SMILES string of the molecule is Cc1cc2c(cc1F)c(C#N)c(-c1ccc(S(=O)(=O)NC(C)(C)C)cn1)n2C1CCCC1. The number of aromatic nitrogens is 2. The van der Waals surface area contributed by atoms with E-state index in [0.717, 1.165) is 31.2 Å². The smallest absolute Gasteiger partial charge is 0.242 e. The number of aryl methyl sites for hydroxylation is 1. The number of halogens is 1. The minimum absolute atomic E-state index is 0.0556. The second kappa shape index (κ2) is 7.98. The van der Waals surface area contributed by atoms with Crippen molar-refractivity contribution in [1.29, 1.82) is 5.26 Å². The third kappa shape index (κ3) is 4.03. The van der Waals surface area contributed by atoms with Crippen LogP contribution in [0.2, 0.25) is 0 Å². The van der Waals surface area contributed by atoms with Crippen molar-refractivity contribution < 1.29 is 12.8 Å². The van der Waals surface area contributed by atoms with Crippen LogP contribution in [0.15, 0.2) is 35.4 Å². The third-order valence-electron chi connectivity index (χ3n) is 5.81. The lowest BCUT2D eigenvalue weighted by molar-refractivity contribution is 0.491. The van der Waals surface area contributed by atoms with E-state index in [1.165, 1.54) is 18.3 Å². The van der Waals surface area contributed by atoms with Gasteiger partial charge in [0.2, 0.25) is 10.0 Å². The van der Waals surface area contributed by atoms with Crippen LogP contribution in [0.1, 0.15) is 63.6 Å². The number of hydrogen-bond acceptors (Lipinski definition) is 4. The van der Waals surface area contributed by atoms with Crippen LogP contribution in [0.25, 0.3) is 22.3 Å². The molecule has 1 aliphatic carbocycles. The van der Waals surface area contributed by atoms with E-state index in [4.69, 9.17) is 0 Å². The summed E-state index contributed by atoms with van der Waals surface area (Å²) in [5, 5.41) is 10.5. The van der Waals surface area contributed by atoms with Crippen LogP contribution < -0.4 is 4.72 Å². The van der Waals surface area contributed by atoms with E-state index >= 15 is 0 Å². The zero-order valence-electron chi connectivity index (χ0n) is 18.7. The zero-order chi connectivity index (χ0) is 23.3. The second-order valence-corrected chi connectivity index (χ2v) is 11.2. The van der Waals surface area contributed by atoms with Crippen molar-refractivity contribution in [3.05, 3.63) is 47.4 Å². The number of hydrogen-bond donors (Lipinski definition) is 1. The maximum absolute atomic E-state index is 14.4. The average Bonchev–Trinajstić information content (AvgIpc) is 3.32. The predicted molar refractivity (Wildman–Crippen MR) is 122 cm³/mol. The molecule has 4 rings (SSSR count). The van der Waals surface area contributed by atoms with Gasteiger partial charge in [-0.05, 0) is 70.4 Å². The molecule has 2 heterocycles. The molecule has 6 nitrogen and oxygen atoms in total. The van der Waals surface area contributed by atoms with E-state index in [9.17, 15) is 18.1 Å². The Labute approximate surface area is 188 Å². The largest absolute Gasteiger partial charge is 0.335 e. The van der Waals surface area contributed by atoms with Gasteiger partial charge in [-0.25, -0.2) is 17.5 Å². The summed E-state index contributed by atoms with van der Waals surface area (Å²) in [6, 6.07) is 8.77. The van der Waals surface area contributed by atoms with Crippen molar-refractivity contribution in [1.82, 2.24) is 14.3 Å². The molecule has 0 bridgehead atoms. The summed E-state index contributed by atoms with van der Waals surface area (Å²) in [7, 11) is -3.73. The Balaban J connectivity index is 1.91. The van der Waals surface area contributed by atoms with Crippen LogP contribution in [-0.4, -0.2) is 23.5 Å². The summed E-state index contributed by atoms with van der Waals surface area (Å²) < 4.78 is 44.4. The van der Waals surface area contributed by atoms with E-state index in [0.29, 0.717) is 27.9 Å². The minimum Gasteiger partial charge on any atom is -0.335 e. The van der Waals surface area contributed by atoms with Gasteiger partial charge in [0.25, 0.3) is 0 Å². The molecular formula is C24H27FN4O2S. The molecule has 1 saturated carbocycles. The lowest BCUT2D eigenvalue weighted by Crippen LogP contribution is -2.40. The van der Waals surface area contributed by atoms with Crippen LogP contribution in [0, 0.1) is 24.1 Å². The van der Waals surface area contributed by atoms with E-state index in [1.54, 1.807) is 39.8 Å². The number of pyridine rings is 1. The van der Waals surface area contributed by atoms with Gasteiger partial charge in [-0.15, -0.1) is 0 Å². The molecule has 1 aliphatic rings. The highest BCUT2D eigenvalue weighted by molar-refractivity contribution is 7.89. The lowest BCUT2D eigenvalue weighted by atomic mass is 10.1. The first-order valence-corrected chi connectivity index (χ1v) is 12.2. The third-order valence-corrected chi connectivity index (χ3v) is 7.56. The van der Waals surface area contributed by atoms with Crippen LogP contribution in [0.4, 0.5) is 4.39 Å². The van der Waals surface area contributed by atoms with Gasteiger partial charge in [-0.2, -0.15) is 5.26 Å². The molecule has 0 spiro atoms. The maximum atomic E-state index is 14.4. The number of nitrogens with zero attached hydrogens (tertiary/aromatic N) is 3. The molecule has 0 saturated heterocycles. The normalized spacial score (nSPS) is 15.4. The van der Waals surface area contributed by atoms with Gasteiger partial charge < -0.3 is 4.57 Å². The van der Waals surface area contributed by atoms with E-state index in [2.05, 4.69) is 20.3 Å². The topological polar surface area (TPSA) is 87.8 Å². The average molecular weight is 455 g/mol. The Bertz CT molecular complexity index is 1320. The molecule has 1 aromatic carbocycles. The summed E-state index contributed by atoms with van der Waals surface area (Å²) in [6.07, 6.45) is 5.44. The fraction of sp³-hybridized carbons (Fsp3) is 0.417. The van der Waals surface area contributed by atoms with Crippen LogP contribution in [-0.2, 0) is 10.0 Å². The van der Waals surface area contributed by atoms with E-state index in [-0.39, 0.29) is 16.8 Å². The van der Waals surface area contributed by atoms with Crippen molar-refractivity contribution in [2.75, 3.05) is 0 Å². The summed E-state index contributed by atoms with van der Waals surface area (Å²) in [6.45, 7) is 7.03. The van der Waals surface area contributed by atoms with Gasteiger partial charge in [0.1, 0.15) is 16.8 Å². The molecule has 2 aromatic heterocycles. The minimum atomic E-state index is -3.73. The van der Waals surface area contributed by atoms with Crippen molar-refractivity contribution in [3.8, 4) is 17.5 Å². The number of nitriles is 1. The Hall–Kier alpha value is -2.76. The zero-order valence-corrected chi connectivity index (χ0v) is 19.6. The molecule has 0 amide bonds. The monoisotopic (exact) mass is 454 g/mol. The van der Waals surface area contributed by atoms with E-state index in [1.807, 2.05) is 0 Å². The predicted octanol–water partition coefficient (Wildman–Crippen LogP) is 5.21. The van der Waals surface area contributed by atoms with Gasteiger partial charge in [0.15, 0.2) is 0 Å². The van der Waals surface area contributed by atoms with Gasteiger partial charge in [0.05, 0.1) is 22.5 Å². The number of fused-ring (bicyclic) bond motifs is 1. The molecule has 32 heavy (non-hydrogen) atoms. The quantitative estimate of drug-likeness (QED) is 0.586. The van der Waals surface area contributed by atoms with Gasteiger partial charge in [-0.3, -0.25) is 4.98 Å². The molecule has 8 heteroatoms. The molecule has 0 unspecified atom stereocenters. The molecule has 1 N–H and O–H groups in total. The fourth-order valence-electron chi connectivity index (χ4n) is 4.48. The summed E-state index contributed by atoms with van der Waals surface area (Å²) in [5.41, 5.74) is 2.19. The molecule has 168 valence electrons. The molecule has 3 aromatic rings. The molecule has 0 radical (unpaired) electrons. The number of benzene rings is 1. The highest BCUT2D eigenvalue weighted by Crippen LogP contribution is 2.41. The molecule has 0 aliphatic heterocycles. The first kappa shape index (κ1) is 22.4. The highest BCUT2D eigenvalue weighted by Gasteiger charge is 2.28. The summed E-state index contributed by atoms with van der Waals surface area (Å²) in [4.78, 5) is 4.50. The van der Waals surface area contributed by atoms with Crippen molar-refractivity contribution in [3.63, 3.8) is 0 Å². The number of sulfonamides is 1. The Morgan fingerprint density at radius 1 is 1.22 bits per heavy atom. The molecular weight excluding hydrogens is 427 g/mol. The van der Waals surface area contributed by atoms with Crippen molar-refractivity contribution in [2.45, 2.75) is 69.9 Å². The van der Waals surface area contributed by atoms with E-state index < -0.39 is 15.6 Å². The fourth-order valence-corrected chi connectivity index (χ4v) is 5.84. The van der Waals surface area contributed by atoms with Crippen molar-refractivity contribution >= 4 is 20.9 Å². The Morgan fingerprint density at radius 2 is 1.91 bits per heavy atom. The Kier molecular flexibility index (Phi) is 5.60. The Morgan fingerprint density at radius 3 is 2.47 bits per heavy atom. The maximum Gasteiger partial charge on any atom is 0.242 e. The van der Waals surface area contributed by atoms with Gasteiger partial charge >= 0.3 is 0 Å². The first-order chi connectivity index (χ1) is 15.0. The summed E-state index contributed by atoms with van der Waals surface area (Å²) >= 11 is 0. The van der Waals surface area contributed by atoms with Crippen LogP contribution in [0.3, 0.4) is 0 Å². The highest BCUT2D eigenvalue weighted by atomic mass is 32.2. The lowest BCUT2D eigenvalue weighted by Gasteiger charge is -2.20. The first-order valence-electron chi connectivity index (χ1n) is 10.8. The molecule has 1 fully saturated rings. The summed E-state index contributed by atoms with van der Waals surface area (Å²) in [5.74, 6) is -0.355. The van der Waals surface area contributed by atoms with Crippen molar-refractivity contribution in [2.24, 2.45) is 0 Å². The standard InChI is InChI=1S/C24H27FN4O2S/c1-15-11-22-18(12-20(15)25)19(13-26)23(29(22)16-7-5-6-8-16)21-10-9-17(14-27-21)32(30,31)28-24(2,3)4/h9-12,14,16,28H,5-8H2,1-4H3. The van der Waals surface area contributed by atoms with Crippen LogP contribution in [0.5, 0.6) is 0 Å². The number of nitrogens with one attached hydrogen (secondary N) is 1. The van der Waals surface area contributed by atoms with Gasteiger partial charge in [-0.1, -0.05) is 12.8 Å². The second-order valence-electron chi connectivity index (χ2n) is 9.50. The number of rotatable bonds is 4. The van der Waals surface area contributed by atoms with Gasteiger partial charge in [0, 0.05) is 23.2 Å².